The maximum atomic E-state index is 12.4. The van der Waals surface area contributed by atoms with Crippen molar-refractivity contribution in [1.82, 2.24) is 20.1 Å². The maximum Gasteiger partial charge on any atom is 0.319 e. The van der Waals surface area contributed by atoms with Crippen molar-refractivity contribution in [3.05, 3.63) is 33.3 Å². The minimum atomic E-state index is -0.305. The van der Waals surface area contributed by atoms with Crippen LogP contribution in [0.15, 0.2) is 16.6 Å². The summed E-state index contributed by atoms with van der Waals surface area (Å²) in [6.45, 7) is 4.84. The number of urea groups is 1. The Labute approximate surface area is 159 Å². The van der Waals surface area contributed by atoms with Gasteiger partial charge < -0.3 is 15.4 Å². The number of nitrogens with zero attached hydrogens (tertiary/aromatic N) is 3. The smallest absolute Gasteiger partial charge is 0.319 e. The van der Waals surface area contributed by atoms with Crippen LogP contribution in [-0.4, -0.2) is 33.4 Å². The lowest BCUT2D eigenvalue weighted by atomic mass is 10.1. The molecule has 1 aliphatic heterocycles. The first-order chi connectivity index (χ1) is 12.0. The van der Waals surface area contributed by atoms with Crippen LogP contribution in [0.2, 0.25) is 5.02 Å². The average molecular weight is 429 g/mol. The molecule has 1 aromatic carbocycles. The van der Waals surface area contributed by atoms with E-state index in [9.17, 15) is 4.79 Å². The molecule has 0 saturated carbocycles. The molecule has 25 heavy (non-hydrogen) atoms. The predicted molar refractivity (Wildman–Crippen MR) is 99.3 cm³/mol. The first kappa shape index (κ1) is 18.0. The monoisotopic (exact) mass is 427 g/mol. The summed E-state index contributed by atoms with van der Waals surface area (Å²) >= 11 is 9.49. The molecule has 2 heterocycles. The van der Waals surface area contributed by atoms with E-state index in [-0.39, 0.29) is 12.1 Å². The van der Waals surface area contributed by atoms with Gasteiger partial charge in [-0.25, -0.2) is 14.5 Å². The Bertz CT molecular complexity index is 795. The highest BCUT2D eigenvalue weighted by molar-refractivity contribution is 9.10. The standard InChI is InChI=1S/C16H19BrClN5O2/c1-3-25-15-12(17)6-10(18)7-13(15)21-16(24)20-11-4-5-14-19-9(2)22-23(14)8-11/h6-7,11H,3-5,8H2,1-2H3,(H2,20,21,24). The molecule has 9 heteroatoms. The molecule has 7 nitrogen and oxygen atoms in total. The Morgan fingerprint density at radius 3 is 3.08 bits per heavy atom. The molecule has 0 aliphatic carbocycles. The Balaban J connectivity index is 1.67. The zero-order valence-electron chi connectivity index (χ0n) is 14.0. The molecule has 2 N–H and O–H groups in total. The second kappa shape index (κ2) is 7.61. The van der Waals surface area contributed by atoms with Crippen LogP contribution in [0.4, 0.5) is 10.5 Å². The summed E-state index contributed by atoms with van der Waals surface area (Å²) in [7, 11) is 0. The molecule has 1 unspecified atom stereocenters. The van der Waals surface area contributed by atoms with Gasteiger partial charge >= 0.3 is 6.03 Å². The van der Waals surface area contributed by atoms with Gasteiger partial charge in [-0.05, 0) is 48.3 Å². The molecule has 1 atom stereocenters. The molecular formula is C16H19BrClN5O2. The van der Waals surface area contributed by atoms with Crippen LogP contribution >= 0.6 is 27.5 Å². The molecule has 3 rings (SSSR count). The first-order valence-electron chi connectivity index (χ1n) is 8.06. The molecule has 2 amide bonds. The van der Waals surface area contributed by atoms with Gasteiger partial charge in [-0.15, -0.1) is 0 Å². The van der Waals surface area contributed by atoms with E-state index in [2.05, 4.69) is 36.6 Å². The van der Waals surface area contributed by atoms with E-state index < -0.39 is 0 Å². The summed E-state index contributed by atoms with van der Waals surface area (Å²) in [5.41, 5.74) is 0.520. The molecule has 0 spiro atoms. The Hall–Kier alpha value is -1.80. The fourth-order valence-corrected chi connectivity index (χ4v) is 3.76. The van der Waals surface area contributed by atoms with Gasteiger partial charge in [-0.2, -0.15) is 5.10 Å². The fraction of sp³-hybridized carbons (Fsp3) is 0.438. The quantitative estimate of drug-likeness (QED) is 0.780. The van der Waals surface area contributed by atoms with Crippen LogP contribution in [0.5, 0.6) is 5.75 Å². The minimum absolute atomic E-state index is 0.00762. The lowest BCUT2D eigenvalue weighted by Gasteiger charge is -2.24. The summed E-state index contributed by atoms with van der Waals surface area (Å²) in [4.78, 5) is 16.8. The van der Waals surface area contributed by atoms with Crippen molar-refractivity contribution in [3.63, 3.8) is 0 Å². The van der Waals surface area contributed by atoms with Gasteiger partial charge in [0.25, 0.3) is 0 Å². The lowest BCUT2D eigenvalue weighted by Crippen LogP contribution is -2.43. The van der Waals surface area contributed by atoms with Crippen molar-refractivity contribution in [2.75, 3.05) is 11.9 Å². The molecule has 2 aromatic rings. The van der Waals surface area contributed by atoms with Crippen LogP contribution in [0.1, 0.15) is 25.0 Å². The van der Waals surface area contributed by atoms with E-state index in [0.29, 0.717) is 34.1 Å². The summed E-state index contributed by atoms with van der Waals surface area (Å²) < 4.78 is 8.14. The van der Waals surface area contributed by atoms with Gasteiger partial charge in [0.15, 0.2) is 5.75 Å². The number of hydrogen-bond acceptors (Lipinski definition) is 4. The Morgan fingerprint density at radius 2 is 2.32 bits per heavy atom. The van der Waals surface area contributed by atoms with Crippen LogP contribution in [0.3, 0.4) is 0 Å². The van der Waals surface area contributed by atoms with Gasteiger partial charge in [-0.3, -0.25) is 0 Å². The average Bonchev–Trinajstić information content (AvgIpc) is 2.90. The number of amides is 2. The number of ether oxygens (including phenoxy) is 1. The second-order valence-corrected chi connectivity index (χ2v) is 7.08. The number of carbonyl (C=O) groups excluding carboxylic acids is 1. The van der Waals surface area contributed by atoms with Crippen LogP contribution < -0.4 is 15.4 Å². The van der Waals surface area contributed by atoms with Crippen LogP contribution in [-0.2, 0) is 13.0 Å². The Kier molecular flexibility index (Phi) is 5.48. The van der Waals surface area contributed by atoms with E-state index in [1.165, 1.54) is 0 Å². The van der Waals surface area contributed by atoms with E-state index >= 15 is 0 Å². The van der Waals surface area contributed by atoms with Crippen molar-refractivity contribution in [2.45, 2.75) is 39.3 Å². The maximum absolute atomic E-state index is 12.4. The summed E-state index contributed by atoms with van der Waals surface area (Å²) in [6, 6.07) is 3.08. The van der Waals surface area contributed by atoms with E-state index in [1.807, 2.05) is 18.5 Å². The number of fused-ring (bicyclic) bond motifs is 1. The third-order valence-electron chi connectivity index (χ3n) is 3.84. The molecule has 0 bridgehead atoms. The van der Waals surface area contributed by atoms with Crippen molar-refractivity contribution in [3.8, 4) is 5.75 Å². The number of halogens is 2. The topological polar surface area (TPSA) is 81.1 Å². The van der Waals surface area contributed by atoms with Gasteiger partial charge in [0.05, 0.1) is 29.4 Å². The van der Waals surface area contributed by atoms with Crippen molar-refractivity contribution in [1.29, 1.82) is 0 Å². The van der Waals surface area contributed by atoms with Gasteiger partial charge in [0.2, 0.25) is 0 Å². The van der Waals surface area contributed by atoms with Gasteiger partial charge in [0.1, 0.15) is 11.6 Å². The van der Waals surface area contributed by atoms with E-state index in [4.69, 9.17) is 16.3 Å². The van der Waals surface area contributed by atoms with Crippen molar-refractivity contribution in [2.24, 2.45) is 0 Å². The fourth-order valence-electron chi connectivity index (χ4n) is 2.84. The highest BCUT2D eigenvalue weighted by atomic mass is 79.9. The molecule has 0 saturated heterocycles. The number of aromatic nitrogens is 3. The molecule has 0 fully saturated rings. The molecule has 0 radical (unpaired) electrons. The summed E-state index contributed by atoms with van der Waals surface area (Å²) in [5.74, 6) is 2.28. The zero-order valence-corrected chi connectivity index (χ0v) is 16.3. The first-order valence-corrected chi connectivity index (χ1v) is 9.23. The molecule has 134 valence electrons. The lowest BCUT2D eigenvalue weighted by molar-refractivity contribution is 0.243. The predicted octanol–water partition coefficient (Wildman–Crippen LogP) is 3.54. The van der Waals surface area contributed by atoms with Crippen molar-refractivity contribution < 1.29 is 9.53 Å². The number of rotatable bonds is 4. The molecule has 1 aliphatic rings. The number of benzene rings is 1. The van der Waals surface area contributed by atoms with Crippen molar-refractivity contribution >= 4 is 39.2 Å². The molecular weight excluding hydrogens is 410 g/mol. The van der Waals surface area contributed by atoms with Gasteiger partial charge in [0, 0.05) is 11.4 Å². The largest absolute Gasteiger partial charge is 0.491 e. The highest BCUT2D eigenvalue weighted by Crippen LogP contribution is 2.36. The highest BCUT2D eigenvalue weighted by Gasteiger charge is 2.23. The van der Waals surface area contributed by atoms with Gasteiger partial charge in [-0.1, -0.05) is 11.6 Å². The van der Waals surface area contributed by atoms with Crippen LogP contribution in [0.25, 0.3) is 0 Å². The summed E-state index contributed by atoms with van der Waals surface area (Å²) in [6.07, 6.45) is 1.61. The third-order valence-corrected chi connectivity index (χ3v) is 4.65. The zero-order chi connectivity index (χ0) is 18.0. The minimum Gasteiger partial charge on any atom is -0.491 e. The van der Waals surface area contributed by atoms with E-state index in [0.717, 1.165) is 24.5 Å². The Morgan fingerprint density at radius 1 is 1.52 bits per heavy atom. The SMILES string of the molecule is CCOc1c(Br)cc(Cl)cc1NC(=O)NC1CCc2nc(C)nn2C1. The van der Waals surface area contributed by atoms with Crippen LogP contribution in [0, 0.1) is 6.92 Å². The molecule has 1 aromatic heterocycles. The number of anilines is 1. The third kappa shape index (κ3) is 4.24. The number of carbonyl (C=O) groups is 1. The normalized spacial score (nSPS) is 16.2. The van der Waals surface area contributed by atoms with E-state index in [1.54, 1.807) is 12.1 Å². The summed E-state index contributed by atoms with van der Waals surface area (Å²) in [5, 5.41) is 10.6. The number of nitrogens with one attached hydrogen (secondary N) is 2. The second-order valence-electron chi connectivity index (χ2n) is 5.79. The number of aryl methyl sites for hydroxylation is 2. The number of hydrogen-bond donors (Lipinski definition) is 2.